The molecule has 32 heavy (non-hydrogen) atoms. The number of aromatic nitrogens is 2. The topological polar surface area (TPSA) is 82.5 Å². The van der Waals surface area contributed by atoms with Crippen molar-refractivity contribution in [2.75, 3.05) is 11.9 Å². The van der Waals surface area contributed by atoms with Crippen molar-refractivity contribution in [3.63, 3.8) is 0 Å². The molecule has 0 unspecified atom stereocenters. The number of hydrogen-bond donors (Lipinski definition) is 1. The van der Waals surface area contributed by atoms with Crippen LogP contribution in [0.4, 0.5) is 5.00 Å². The van der Waals surface area contributed by atoms with E-state index in [1.165, 1.54) is 16.0 Å². The Hall–Kier alpha value is -2.84. The molecule has 7 nitrogen and oxygen atoms in total. The van der Waals surface area contributed by atoms with Crippen molar-refractivity contribution in [1.29, 1.82) is 0 Å². The summed E-state index contributed by atoms with van der Waals surface area (Å²) >= 11 is 7.55. The van der Waals surface area contributed by atoms with Crippen LogP contribution >= 0.6 is 22.9 Å². The number of carbonyl (C=O) groups is 2. The molecule has 1 aromatic carbocycles. The van der Waals surface area contributed by atoms with Gasteiger partial charge in [-0.1, -0.05) is 30.7 Å². The number of rotatable bonds is 8. The average Bonchev–Trinajstić information content (AvgIpc) is 3.41. The highest BCUT2D eigenvalue weighted by Crippen LogP contribution is 2.38. The molecule has 0 aliphatic heterocycles. The van der Waals surface area contributed by atoms with Crippen LogP contribution in [0.1, 0.15) is 57.5 Å². The number of esters is 1. The molecule has 168 valence electrons. The summed E-state index contributed by atoms with van der Waals surface area (Å²) in [6.45, 7) is 2.41. The van der Waals surface area contributed by atoms with Crippen LogP contribution in [0.5, 0.6) is 5.75 Å². The number of hydrogen-bond acceptors (Lipinski definition) is 6. The number of fused-ring (bicyclic) bond motifs is 1. The summed E-state index contributed by atoms with van der Waals surface area (Å²) in [6, 6.07) is 8.75. The number of thiophene rings is 1. The fraction of sp³-hybridized carbons (Fsp3) is 0.348. The van der Waals surface area contributed by atoms with Gasteiger partial charge < -0.3 is 14.8 Å². The average molecular weight is 474 g/mol. The lowest BCUT2D eigenvalue weighted by Crippen LogP contribution is -2.17. The van der Waals surface area contributed by atoms with Gasteiger partial charge in [0.15, 0.2) is 12.4 Å². The van der Waals surface area contributed by atoms with Crippen molar-refractivity contribution < 1.29 is 19.1 Å². The molecule has 1 N–H and O–H groups in total. The highest BCUT2D eigenvalue weighted by molar-refractivity contribution is 7.17. The van der Waals surface area contributed by atoms with E-state index in [0.29, 0.717) is 27.9 Å². The maximum Gasteiger partial charge on any atom is 0.341 e. The lowest BCUT2D eigenvalue weighted by atomic mass is 9.95. The summed E-state index contributed by atoms with van der Waals surface area (Å²) < 4.78 is 12.5. The normalized spacial score (nSPS) is 12.8. The quantitative estimate of drug-likeness (QED) is 0.447. The zero-order chi connectivity index (χ0) is 22.5. The maximum atomic E-state index is 12.9. The second-order valence-corrected chi connectivity index (χ2v) is 8.96. The predicted octanol–water partition coefficient (Wildman–Crippen LogP) is 5.33. The third-order valence-electron chi connectivity index (χ3n) is 5.10. The number of nitrogens with zero attached hydrogens (tertiary/aromatic N) is 2. The Kier molecular flexibility index (Phi) is 7.12. The number of aryl methyl sites for hydroxylation is 1. The van der Waals surface area contributed by atoms with Crippen LogP contribution < -0.4 is 10.1 Å². The molecule has 1 amide bonds. The van der Waals surface area contributed by atoms with E-state index in [4.69, 9.17) is 21.1 Å². The molecule has 1 aliphatic carbocycles. The highest BCUT2D eigenvalue weighted by Gasteiger charge is 2.27. The van der Waals surface area contributed by atoms with Crippen molar-refractivity contribution >= 4 is 39.8 Å². The first-order valence-corrected chi connectivity index (χ1v) is 11.8. The van der Waals surface area contributed by atoms with Gasteiger partial charge in [-0.2, -0.15) is 5.10 Å². The number of para-hydroxylation sites is 1. The van der Waals surface area contributed by atoms with Crippen LogP contribution in [-0.4, -0.2) is 28.3 Å². The minimum absolute atomic E-state index is 0.110. The third-order valence-corrected chi connectivity index (χ3v) is 6.62. The number of ether oxygens (including phenoxy) is 2. The smallest absolute Gasteiger partial charge is 0.341 e. The molecular formula is C23H24ClN3O4S. The van der Waals surface area contributed by atoms with Crippen LogP contribution in [-0.2, 0) is 24.3 Å². The van der Waals surface area contributed by atoms with Crippen LogP contribution in [0.3, 0.4) is 0 Å². The van der Waals surface area contributed by atoms with Crippen LogP contribution in [0.25, 0.3) is 0 Å². The lowest BCUT2D eigenvalue weighted by molar-refractivity contribution is 0.0505. The third kappa shape index (κ3) is 4.97. The molecule has 0 spiro atoms. The van der Waals surface area contributed by atoms with Crippen molar-refractivity contribution in [2.45, 2.75) is 45.8 Å². The minimum Gasteiger partial charge on any atom is -0.470 e. The first kappa shape index (κ1) is 22.4. The number of nitrogens with one attached hydrogen (secondary N) is 1. The molecule has 2 heterocycles. The Bertz CT molecular complexity index is 1120. The van der Waals surface area contributed by atoms with Crippen molar-refractivity contribution in [3.8, 4) is 5.75 Å². The van der Waals surface area contributed by atoms with Gasteiger partial charge in [0.05, 0.1) is 17.2 Å². The zero-order valence-corrected chi connectivity index (χ0v) is 19.3. The minimum atomic E-state index is -0.385. The summed E-state index contributed by atoms with van der Waals surface area (Å²) in [4.78, 5) is 26.7. The first-order chi connectivity index (χ1) is 15.6. The summed E-state index contributed by atoms with van der Waals surface area (Å²) in [5, 5.41) is 8.19. The Morgan fingerprint density at radius 3 is 2.84 bits per heavy atom. The Morgan fingerprint density at radius 1 is 1.22 bits per heavy atom. The van der Waals surface area contributed by atoms with Gasteiger partial charge in [-0.25, -0.2) is 9.48 Å². The van der Waals surface area contributed by atoms with Gasteiger partial charge >= 0.3 is 5.97 Å². The molecule has 4 rings (SSSR count). The van der Waals surface area contributed by atoms with Crippen molar-refractivity contribution in [1.82, 2.24) is 9.78 Å². The van der Waals surface area contributed by atoms with Gasteiger partial charge in [0.1, 0.15) is 10.8 Å². The monoisotopic (exact) mass is 473 g/mol. The molecule has 0 atom stereocenters. The van der Waals surface area contributed by atoms with Crippen molar-refractivity contribution in [2.24, 2.45) is 0 Å². The fourth-order valence-corrected chi connectivity index (χ4v) is 5.02. The van der Waals surface area contributed by atoms with E-state index >= 15 is 0 Å². The fourth-order valence-electron chi connectivity index (χ4n) is 3.56. The summed E-state index contributed by atoms with van der Waals surface area (Å²) in [5.41, 5.74) is 1.73. The summed E-state index contributed by atoms with van der Waals surface area (Å²) in [7, 11) is 0. The Morgan fingerprint density at radius 2 is 2.03 bits per heavy atom. The largest absolute Gasteiger partial charge is 0.470 e. The van der Waals surface area contributed by atoms with Crippen LogP contribution in [0.15, 0.2) is 36.5 Å². The van der Waals surface area contributed by atoms with Gasteiger partial charge in [-0.15, -0.1) is 11.3 Å². The van der Waals surface area contributed by atoms with Crippen LogP contribution in [0.2, 0.25) is 5.02 Å². The summed E-state index contributed by atoms with van der Waals surface area (Å²) in [6.07, 6.45) is 6.25. The molecule has 2 aromatic heterocycles. The number of halogens is 1. The molecule has 0 radical (unpaired) electrons. The molecular weight excluding hydrogens is 450 g/mol. The molecule has 3 aromatic rings. The molecule has 0 saturated heterocycles. The zero-order valence-electron chi connectivity index (χ0n) is 17.7. The van der Waals surface area contributed by atoms with E-state index in [-0.39, 0.29) is 24.3 Å². The molecule has 0 bridgehead atoms. The molecule has 9 heteroatoms. The number of carbonyl (C=O) groups excluding carboxylic acids is 2. The van der Waals surface area contributed by atoms with Gasteiger partial charge in [0, 0.05) is 11.1 Å². The van der Waals surface area contributed by atoms with E-state index in [0.717, 1.165) is 42.5 Å². The SMILES string of the molecule is CCCOC(=O)c1c(NC(=O)c2ccn(COc3ccccc3Cl)n2)sc2c1CCCC2. The van der Waals surface area contributed by atoms with E-state index in [1.54, 1.807) is 24.4 Å². The Labute approximate surface area is 195 Å². The van der Waals surface area contributed by atoms with E-state index in [2.05, 4.69) is 10.4 Å². The lowest BCUT2D eigenvalue weighted by Gasteiger charge is -2.12. The maximum absolute atomic E-state index is 12.9. The number of benzene rings is 1. The first-order valence-electron chi connectivity index (χ1n) is 10.6. The molecule has 0 saturated carbocycles. The number of amides is 1. The van der Waals surface area contributed by atoms with E-state index in [1.807, 2.05) is 19.1 Å². The second-order valence-electron chi connectivity index (χ2n) is 7.45. The Balaban J connectivity index is 1.48. The molecule has 0 fully saturated rings. The standard InChI is InChI=1S/C23H24ClN3O4S/c1-2-13-30-23(29)20-15-7-3-6-10-19(15)32-22(20)25-21(28)17-11-12-27(26-17)14-31-18-9-5-4-8-16(18)24/h4-5,8-9,11-12H,2-3,6-7,10,13-14H2,1H3,(H,25,28). The predicted molar refractivity (Wildman–Crippen MR) is 124 cm³/mol. The molecule has 1 aliphatic rings. The van der Waals surface area contributed by atoms with Gasteiger partial charge in [-0.3, -0.25) is 4.79 Å². The van der Waals surface area contributed by atoms with E-state index < -0.39 is 0 Å². The van der Waals surface area contributed by atoms with E-state index in [9.17, 15) is 9.59 Å². The van der Waals surface area contributed by atoms with Gasteiger partial charge in [0.2, 0.25) is 0 Å². The van der Waals surface area contributed by atoms with Crippen molar-refractivity contribution in [3.05, 3.63) is 63.2 Å². The van der Waals surface area contributed by atoms with Gasteiger partial charge in [-0.05, 0) is 55.9 Å². The second kappa shape index (κ2) is 10.2. The summed E-state index contributed by atoms with van der Waals surface area (Å²) in [5.74, 6) is -0.222. The van der Waals surface area contributed by atoms with Gasteiger partial charge in [0.25, 0.3) is 5.91 Å². The number of anilines is 1. The highest BCUT2D eigenvalue weighted by atomic mass is 35.5. The van der Waals surface area contributed by atoms with Crippen LogP contribution in [0, 0.1) is 0 Å².